The molecule has 1 aliphatic rings. The largest absolute Gasteiger partial charge is 0.496 e. The van der Waals surface area contributed by atoms with Gasteiger partial charge in [0.05, 0.1) is 7.11 Å². The lowest BCUT2D eigenvalue weighted by molar-refractivity contribution is 0.261. The van der Waals surface area contributed by atoms with Gasteiger partial charge in [0.2, 0.25) is 0 Å². The van der Waals surface area contributed by atoms with Crippen molar-refractivity contribution in [2.24, 2.45) is 11.7 Å². The average Bonchev–Trinajstić information content (AvgIpc) is 2.18. The molecule has 0 unspecified atom stereocenters. The van der Waals surface area contributed by atoms with Crippen LogP contribution in [0.3, 0.4) is 0 Å². The molecule has 0 atom stereocenters. The van der Waals surface area contributed by atoms with Crippen LogP contribution in [0.25, 0.3) is 0 Å². The molecule has 1 fully saturated rings. The summed E-state index contributed by atoms with van der Waals surface area (Å²) in [4.78, 5) is 0. The Balaban J connectivity index is 2.18. The molecule has 2 heteroatoms. The van der Waals surface area contributed by atoms with E-state index in [2.05, 4.69) is 26.0 Å². The minimum Gasteiger partial charge on any atom is -0.496 e. The Labute approximate surface area is 97.8 Å². The van der Waals surface area contributed by atoms with Gasteiger partial charge < -0.3 is 10.5 Å². The molecule has 0 amide bonds. The van der Waals surface area contributed by atoms with Gasteiger partial charge in [-0.3, -0.25) is 0 Å². The lowest BCUT2D eigenvalue weighted by atomic mass is 9.76. The van der Waals surface area contributed by atoms with E-state index in [4.69, 9.17) is 10.5 Å². The lowest BCUT2D eigenvalue weighted by Gasteiger charge is -2.33. The molecule has 0 aliphatic heterocycles. The van der Waals surface area contributed by atoms with Gasteiger partial charge in [-0.15, -0.1) is 0 Å². The van der Waals surface area contributed by atoms with Crippen molar-refractivity contribution in [3.8, 4) is 5.75 Å². The molecular weight excluding hydrogens is 198 g/mol. The minimum absolute atomic E-state index is 0.432. The van der Waals surface area contributed by atoms with Crippen molar-refractivity contribution in [2.75, 3.05) is 7.11 Å². The Morgan fingerprint density at radius 1 is 1.31 bits per heavy atom. The van der Waals surface area contributed by atoms with E-state index >= 15 is 0 Å². The van der Waals surface area contributed by atoms with Crippen LogP contribution in [0.4, 0.5) is 0 Å². The molecule has 88 valence electrons. The molecule has 16 heavy (non-hydrogen) atoms. The molecule has 0 bridgehead atoms. The fourth-order valence-corrected chi connectivity index (χ4v) is 2.64. The number of ether oxygens (including phenoxy) is 1. The lowest BCUT2D eigenvalue weighted by Crippen LogP contribution is -2.37. The van der Waals surface area contributed by atoms with Gasteiger partial charge in [-0.05, 0) is 61.8 Å². The highest BCUT2D eigenvalue weighted by atomic mass is 16.5. The van der Waals surface area contributed by atoms with Gasteiger partial charge in [0.25, 0.3) is 0 Å². The van der Waals surface area contributed by atoms with E-state index in [-0.39, 0.29) is 0 Å². The van der Waals surface area contributed by atoms with Gasteiger partial charge in [-0.2, -0.15) is 0 Å². The van der Waals surface area contributed by atoms with Crippen molar-refractivity contribution in [3.05, 3.63) is 28.8 Å². The molecule has 0 saturated heterocycles. The third-order valence-electron chi connectivity index (χ3n) is 3.56. The van der Waals surface area contributed by atoms with Crippen molar-refractivity contribution in [1.82, 2.24) is 0 Å². The van der Waals surface area contributed by atoms with Crippen molar-refractivity contribution in [3.63, 3.8) is 0 Å². The molecule has 2 N–H and O–H groups in total. The fourth-order valence-electron chi connectivity index (χ4n) is 2.64. The Hall–Kier alpha value is -1.02. The summed E-state index contributed by atoms with van der Waals surface area (Å²) < 4.78 is 5.47. The van der Waals surface area contributed by atoms with Crippen LogP contribution in [-0.4, -0.2) is 13.2 Å². The normalized spacial score (nSPS) is 24.0. The van der Waals surface area contributed by atoms with Crippen LogP contribution in [0.15, 0.2) is 12.1 Å². The molecule has 1 aliphatic carbocycles. The molecule has 0 aromatic heterocycles. The van der Waals surface area contributed by atoms with Crippen LogP contribution >= 0.6 is 0 Å². The highest BCUT2D eigenvalue weighted by Crippen LogP contribution is 2.34. The summed E-state index contributed by atoms with van der Waals surface area (Å²) in [6.45, 7) is 4.28. The first-order valence-corrected chi connectivity index (χ1v) is 6.00. The zero-order valence-electron chi connectivity index (χ0n) is 10.4. The zero-order chi connectivity index (χ0) is 11.7. The molecule has 0 heterocycles. The summed E-state index contributed by atoms with van der Waals surface area (Å²) in [6.07, 6.45) is 3.44. The van der Waals surface area contributed by atoms with Gasteiger partial charge in [0, 0.05) is 6.04 Å². The maximum absolute atomic E-state index is 5.82. The number of rotatable bonds is 3. The Bertz CT molecular complexity index is 381. The maximum atomic E-state index is 5.82. The number of hydrogen-bond acceptors (Lipinski definition) is 2. The summed E-state index contributed by atoms with van der Waals surface area (Å²) in [6, 6.07) is 4.79. The van der Waals surface area contributed by atoms with Crippen molar-refractivity contribution < 1.29 is 4.74 Å². The second-order valence-corrected chi connectivity index (χ2v) is 5.06. The standard InChI is InChI=1S/C14H21NO/c1-9-4-10(2)13(14(5-9)16-3)8-11-6-12(15)7-11/h4-5,11-12H,6-8,15H2,1-3H3. The summed E-state index contributed by atoms with van der Waals surface area (Å²) >= 11 is 0. The quantitative estimate of drug-likeness (QED) is 0.848. The van der Waals surface area contributed by atoms with Crippen LogP contribution in [0.1, 0.15) is 29.5 Å². The fraction of sp³-hybridized carbons (Fsp3) is 0.571. The van der Waals surface area contributed by atoms with Gasteiger partial charge in [-0.1, -0.05) is 6.07 Å². The van der Waals surface area contributed by atoms with E-state index in [0.717, 1.165) is 30.9 Å². The SMILES string of the molecule is COc1cc(C)cc(C)c1CC1CC(N)C1. The minimum atomic E-state index is 0.432. The van der Waals surface area contributed by atoms with E-state index in [9.17, 15) is 0 Å². The summed E-state index contributed by atoms with van der Waals surface area (Å²) in [5, 5.41) is 0. The van der Waals surface area contributed by atoms with Crippen molar-refractivity contribution >= 4 is 0 Å². The zero-order valence-corrected chi connectivity index (χ0v) is 10.4. The smallest absolute Gasteiger partial charge is 0.122 e. The Morgan fingerprint density at radius 2 is 2.00 bits per heavy atom. The maximum Gasteiger partial charge on any atom is 0.122 e. The first kappa shape index (κ1) is 11.5. The molecule has 1 aromatic carbocycles. The molecule has 1 saturated carbocycles. The van der Waals surface area contributed by atoms with Gasteiger partial charge in [0.15, 0.2) is 0 Å². The number of methoxy groups -OCH3 is 1. The summed E-state index contributed by atoms with van der Waals surface area (Å²) in [5.41, 5.74) is 9.80. The third kappa shape index (κ3) is 2.22. The number of nitrogens with two attached hydrogens (primary N) is 1. The third-order valence-corrected chi connectivity index (χ3v) is 3.56. The van der Waals surface area contributed by atoms with Gasteiger partial charge >= 0.3 is 0 Å². The second kappa shape index (κ2) is 4.46. The molecule has 1 aromatic rings. The van der Waals surface area contributed by atoms with Crippen LogP contribution in [0.5, 0.6) is 5.75 Å². The number of aryl methyl sites for hydroxylation is 2. The van der Waals surface area contributed by atoms with Gasteiger partial charge in [0.1, 0.15) is 5.75 Å². The Morgan fingerprint density at radius 3 is 2.56 bits per heavy atom. The first-order chi connectivity index (χ1) is 7.60. The topological polar surface area (TPSA) is 35.2 Å². The molecular formula is C14H21NO. The van der Waals surface area contributed by atoms with Gasteiger partial charge in [-0.25, -0.2) is 0 Å². The van der Waals surface area contributed by atoms with E-state index in [1.807, 2.05) is 0 Å². The van der Waals surface area contributed by atoms with Crippen LogP contribution in [-0.2, 0) is 6.42 Å². The van der Waals surface area contributed by atoms with E-state index in [1.54, 1.807) is 7.11 Å². The predicted molar refractivity (Wildman–Crippen MR) is 66.9 cm³/mol. The summed E-state index contributed by atoms with van der Waals surface area (Å²) in [5.74, 6) is 1.79. The highest BCUT2D eigenvalue weighted by molar-refractivity contribution is 5.43. The van der Waals surface area contributed by atoms with Crippen molar-refractivity contribution in [1.29, 1.82) is 0 Å². The van der Waals surface area contributed by atoms with Crippen LogP contribution < -0.4 is 10.5 Å². The molecule has 0 radical (unpaired) electrons. The first-order valence-electron chi connectivity index (χ1n) is 6.00. The van der Waals surface area contributed by atoms with E-state index in [0.29, 0.717) is 6.04 Å². The average molecular weight is 219 g/mol. The monoisotopic (exact) mass is 219 g/mol. The van der Waals surface area contributed by atoms with E-state index in [1.165, 1.54) is 16.7 Å². The summed E-state index contributed by atoms with van der Waals surface area (Å²) in [7, 11) is 1.75. The van der Waals surface area contributed by atoms with Crippen LogP contribution in [0, 0.1) is 19.8 Å². The molecule has 2 nitrogen and oxygen atoms in total. The van der Waals surface area contributed by atoms with Crippen LogP contribution in [0.2, 0.25) is 0 Å². The molecule has 2 rings (SSSR count). The molecule has 0 spiro atoms. The predicted octanol–water partition coefficient (Wildman–Crippen LogP) is 2.59. The second-order valence-electron chi connectivity index (χ2n) is 5.06. The van der Waals surface area contributed by atoms with Crippen molar-refractivity contribution in [2.45, 2.75) is 39.2 Å². The highest BCUT2D eigenvalue weighted by Gasteiger charge is 2.27. The Kier molecular flexibility index (Phi) is 3.20. The number of benzene rings is 1. The number of hydrogen-bond donors (Lipinski definition) is 1. The van der Waals surface area contributed by atoms with E-state index < -0.39 is 0 Å².